The number of halogens is 5. The van der Waals surface area contributed by atoms with Gasteiger partial charge < -0.3 is 4.74 Å². The lowest BCUT2D eigenvalue weighted by Gasteiger charge is -2.27. The fourth-order valence-corrected chi connectivity index (χ4v) is 5.27. The van der Waals surface area contributed by atoms with Crippen molar-refractivity contribution < 1.29 is 17.9 Å². The largest absolute Gasteiger partial charge is 0.495 e. The number of hydrogen-bond donors (Lipinski definition) is 1. The number of anilines is 1. The third kappa shape index (κ3) is 3.27. The van der Waals surface area contributed by atoms with Crippen LogP contribution in [-0.4, -0.2) is 31.0 Å². The van der Waals surface area contributed by atoms with E-state index in [2.05, 4.69) is 10.5 Å². The molecule has 2 aliphatic rings. The molecule has 0 amide bonds. The number of amidine groups is 1. The van der Waals surface area contributed by atoms with Gasteiger partial charge in [0.2, 0.25) is 5.84 Å². The minimum Gasteiger partial charge on any atom is -0.495 e. The van der Waals surface area contributed by atoms with E-state index in [1.807, 2.05) is 6.07 Å². The fourth-order valence-electron chi connectivity index (χ4n) is 3.37. The zero-order valence-corrected chi connectivity index (χ0v) is 16.8. The average molecular weight is 448 g/mol. The number of nitrogens with zero attached hydrogens (tertiary/aromatic N) is 2. The van der Waals surface area contributed by atoms with Crippen molar-refractivity contribution in [2.75, 3.05) is 17.8 Å². The minimum atomic E-state index is -4.59. The molecular weight excluding hydrogens is 434 g/mol. The highest BCUT2D eigenvalue weighted by molar-refractivity contribution is 7.99. The van der Waals surface area contributed by atoms with Crippen molar-refractivity contribution in [2.45, 2.75) is 17.6 Å². The quantitative estimate of drug-likeness (QED) is 0.663. The summed E-state index contributed by atoms with van der Waals surface area (Å²) in [5.74, 6) is -0.115. The smallest absolute Gasteiger partial charge is 0.451 e. The van der Waals surface area contributed by atoms with E-state index in [0.717, 1.165) is 5.56 Å². The second-order valence-electron chi connectivity index (χ2n) is 6.23. The summed E-state index contributed by atoms with van der Waals surface area (Å²) in [4.78, 5) is 1.19. The van der Waals surface area contributed by atoms with Gasteiger partial charge in [0, 0.05) is 16.5 Å². The van der Waals surface area contributed by atoms with Crippen LogP contribution in [0.1, 0.15) is 16.4 Å². The molecule has 0 aliphatic carbocycles. The Bertz CT molecular complexity index is 954. The van der Waals surface area contributed by atoms with Gasteiger partial charge in [0.05, 0.1) is 17.4 Å². The lowest BCUT2D eigenvalue weighted by molar-refractivity contribution is -0.0598. The number of hydrazone groups is 1. The highest BCUT2D eigenvalue weighted by atomic mass is 35.5. The monoisotopic (exact) mass is 447 g/mol. The molecule has 0 saturated heterocycles. The molecule has 2 heterocycles. The molecule has 148 valence electrons. The molecule has 0 spiro atoms. The van der Waals surface area contributed by atoms with Crippen LogP contribution in [0.2, 0.25) is 10.0 Å². The molecule has 2 aliphatic heterocycles. The van der Waals surface area contributed by atoms with Crippen molar-refractivity contribution in [1.29, 1.82) is 0 Å². The summed E-state index contributed by atoms with van der Waals surface area (Å²) in [5, 5.41) is 4.07. The van der Waals surface area contributed by atoms with Crippen LogP contribution in [0.15, 0.2) is 41.5 Å². The van der Waals surface area contributed by atoms with Crippen LogP contribution in [0, 0.1) is 0 Å². The number of alkyl halides is 3. The van der Waals surface area contributed by atoms with Gasteiger partial charge in [-0.3, -0.25) is 10.3 Å². The second-order valence-corrected chi connectivity index (χ2v) is 8.18. The van der Waals surface area contributed by atoms with E-state index in [9.17, 15) is 13.2 Å². The Hall–Kier alpha value is -1.77. The van der Waals surface area contributed by atoms with E-state index < -0.39 is 18.2 Å². The Balaban J connectivity index is 1.88. The van der Waals surface area contributed by atoms with Crippen molar-refractivity contribution in [3.8, 4) is 5.75 Å². The number of ether oxygens (including phenoxy) is 1. The van der Waals surface area contributed by atoms with Crippen molar-refractivity contribution >= 4 is 46.5 Å². The van der Waals surface area contributed by atoms with E-state index in [1.54, 1.807) is 30.3 Å². The number of benzene rings is 2. The number of fused-ring (bicyclic) bond motifs is 3. The lowest BCUT2D eigenvalue weighted by Crippen LogP contribution is -2.46. The summed E-state index contributed by atoms with van der Waals surface area (Å²) >= 11 is 14.2. The maximum atomic E-state index is 13.5. The van der Waals surface area contributed by atoms with Crippen molar-refractivity contribution in [1.82, 2.24) is 5.43 Å². The molecule has 0 bridgehead atoms. The van der Waals surface area contributed by atoms with Gasteiger partial charge in [-0.25, -0.2) is 0 Å². The molecule has 1 unspecified atom stereocenters. The third-order valence-electron chi connectivity index (χ3n) is 4.56. The van der Waals surface area contributed by atoms with Crippen LogP contribution in [0.25, 0.3) is 0 Å². The summed E-state index contributed by atoms with van der Waals surface area (Å²) in [7, 11) is 1.52. The maximum Gasteiger partial charge on any atom is 0.451 e. The van der Waals surface area contributed by atoms with Crippen LogP contribution in [0.5, 0.6) is 5.75 Å². The first kappa shape index (κ1) is 19.5. The minimum absolute atomic E-state index is 0.321. The summed E-state index contributed by atoms with van der Waals surface area (Å²) < 4.78 is 45.9. The van der Waals surface area contributed by atoms with Crippen LogP contribution in [0.3, 0.4) is 0 Å². The molecule has 4 nitrogen and oxygen atoms in total. The van der Waals surface area contributed by atoms with Gasteiger partial charge in [-0.2, -0.15) is 18.3 Å². The number of rotatable bonds is 2. The second kappa shape index (κ2) is 7.24. The standard InChI is InChI=1S/C18H14Cl2F3N3OS/c1-27-13-4-2-3-10(15(13)20)16-11-7-9(19)5-6-12(11)26-14(8-28-16)24-25-17(26)18(21,22)23/h2-7,14,16,24H,8H2,1H3/t14?,16-/m1/s1. The Morgan fingerprint density at radius 1 is 1.21 bits per heavy atom. The Labute approximate surface area is 173 Å². The molecular formula is C18H14Cl2F3N3OS. The molecule has 0 fully saturated rings. The molecule has 2 atom stereocenters. The van der Waals surface area contributed by atoms with Gasteiger partial charge in [-0.05, 0) is 35.4 Å². The van der Waals surface area contributed by atoms with E-state index in [0.29, 0.717) is 32.8 Å². The first-order chi connectivity index (χ1) is 13.3. The van der Waals surface area contributed by atoms with Crippen LogP contribution in [-0.2, 0) is 0 Å². The zero-order valence-electron chi connectivity index (χ0n) is 14.4. The summed E-state index contributed by atoms with van der Waals surface area (Å²) in [6.07, 6.45) is -5.22. The molecule has 2 aromatic carbocycles. The number of nitrogens with one attached hydrogen (secondary N) is 1. The summed E-state index contributed by atoms with van der Waals surface area (Å²) in [5.41, 5.74) is 4.38. The topological polar surface area (TPSA) is 36.9 Å². The average Bonchev–Trinajstić information content (AvgIpc) is 3.01. The maximum absolute atomic E-state index is 13.5. The molecule has 2 aromatic rings. The predicted molar refractivity (Wildman–Crippen MR) is 107 cm³/mol. The van der Waals surface area contributed by atoms with Gasteiger partial charge in [-0.15, -0.1) is 11.8 Å². The highest BCUT2D eigenvalue weighted by Gasteiger charge is 2.48. The van der Waals surface area contributed by atoms with Gasteiger partial charge in [-0.1, -0.05) is 35.3 Å². The molecule has 0 aromatic heterocycles. The SMILES string of the molecule is COc1cccc([C@H]2SCC3NN=C(C(F)(F)F)N3c3ccc(Cl)cc32)c1Cl. The van der Waals surface area contributed by atoms with Crippen LogP contribution in [0.4, 0.5) is 18.9 Å². The van der Waals surface area contributed by atoms with Crippen molar-refractivity contribution in [2.24, 2.45) is 5.10 Å². The lowest BCUT2D eigenvalue weighted by atomic mass is 10.0. The summed E-state index contributed by atoms with van der Waals surface area (Å²) in [6.45, 7) is 0. The van der Waals surface area contributed by atoms with Gasteiger partial charge in [0.1, 0.15) is 11.9 Å². The Morgan fingerprint density at radius 2 is 2.00 bits per heavy atom. The number of thioether (sulfide) groups is 1. The predicted octanol–water partition coefficient (Wildman–Crippen LogP) is 5.45. The Kier molecular flexibility index (Phi) is 5.05. The normalized spacial score (nSPS) is 21.4. The van der Waals surface area contributed by atoms with E-state index >= 15 is 0 Å². The molecule has 10 heteroatoms. The van der Waals surface area contributed by atoms with Gasteiger partial charge in [0.15, 0.2) is 0 Å². The van der Waals surface area contributed by atoms with Crippen LogP contribution >= 0.6 is 35.0 Å². The Morgan fingerprint density at radius 3 is 2.71 bits per heavy atom. The number of hydrogen-bond acceptors (Lipinski definition) is 5. The van der Waals surface area contributed by atoms with Crippen molar-refractivity contribution in [3.05, 3.63) is 57.6 Å². The van der Waals surface area contributed by atoms with E-state index in [4.69, 9.17) is 27.9 Å². The van der Waals surface area contributed by atoms with E-state index in [1.165, 1.54) is 23.8 Å². The fraction of sp³-hybridized carbons (Fsp3) is 0.278. The summed E-state index contributed by atoms with van der Waals surface area (Å²) in [6, 6.07) is 10.2. The van der Waals surface area contributed by atoms with Gasteiger partial charge >= 0.3 is 6.18 Å². The van der Waals surface area contributed by atoms with Crippen LogP contribution < -0.4 is 15.1 Å². The molecule has 28 heavy (non-hydrogen) atoms. The molecule has 0 radical (unpaired) electrons. The molecule has 0 saturated carbocycles. The van der Waals surface area contributed by atoms with Crippen molar-refractivity contribution in [3.63, 3.8) is 0 Å². The molecule has 4 rings (SSSR count). The first-order valence-electron chi connectivity index (χ1n) is 8.24. The molecule has 1 N–H and O–H groups in total. The van der Waals surface area contributed by atoms with Gasteiger partial charge in [0.25, 0.3) is 0 Å². The zero-order chi connectivity index (χ0) is 20.1. The van der Waals surface area contributed by atoms with E-state index in [-0.39, 0.29) is 5.25 Å². The third-order valence-corrected chi connectivity index (χ3v) is 6.55. The number of methoxy groups -OCH3 is 1. The first-order valence-corrected chi connectivity index (χ1v) is 10.0. The highest BCUT2D eigenvalue weighted by Crippen LogP contribution is 2.49.